The molecule has 2 rings (SSSR count). The summed E-state index contributed by atoms with van der Waals surface area (Å²) in [5.41, 5.74) is 2.00. The van der Waals surface area contributed by atoms with Crippen LogP contribution < -0.4 is 0 Å². The molecular formula is C15H24. The molecule has 0 spiro atoms. The highest BCUT2D eigenvalue weighted by Crippen LogP contribution is 2.34. The lowest BCUT2D eigenvalue weighted by molar-refractivity contribution is 0.244. The molecule has 0 atom stereocenters. The van der Waals surface area contributed by atoms with Gasteiger partial charge in [0.15, 0.2) is 0 Å². The highest BCUT2D eigenvalue weighted by molar-refractivity contribution is 5.11. The van der Waals surface area contributed by atoms with Gasteiger partial charge in [-0.25, -0.2) is 0 Å². The van der Waals surface area contributed by atoms with Crippen molar-refractivity contribution in [3.05, 3.63) is 35.9 Å². The van der Waals surface area contributed by atoms with E-state index in [9.17, 15) is 0 Å². The summed E-state index contributed by atoms with van der Waals surface area (Å²) in [6.45, 7) is 6.85. The molecule has 1 saturated carbocycles. The second kappa shape index (κ2) is 5.95. The van der Waals surface area contributed by atoms with Gasteiger partial charge in [0, 0.05) is 0 Å². The van der Waals surface area contributed by atoms with Gasteiger partial charge >= 0.3 is 0 Å². The molecule has 15 heavy (non-hydrogen) atoms. The van der Waals surface area contributed by atoms with Gasteiger partial charge in [0.2, 0.25) is 0 Å². The van der Waals surface area contributed by atoms with Gasteiger partial charge in [-0.05, 0) is 25.2 Å². The maximum absolute atomic E-state index is 2.38. The fraction of sp³-hybridized carbons (Fsp3) is 0.600. The fourth-order valence-electron chi connectivity index (χ4n) is 2.04. The van der Waals surface area contributed by atoms with Crippen LogP contribution in [0.2, 0.25) is 0 Å². The number of hydrogen-bond acceptors (Lipinski definition) is 0. The summed E-state index contributed by atoms with van der Waals surface area (Å²) in [4.78, 5) is 0. The van der Waals surface area contributed by atoms with Crippen LogP contribution in [0.15, 0.2) is 30.3 Å². The normalized spacial score (nSPS) is 18.9. The maximum Gasteiger partial charge on any atom is -0.0354 e. The Labute approximate surface area is 94.7 Å². The fourth-order valence-corrected chi connectivity index (χ4v) is 2.04. The van der Waals surface area contributed by atoms with Gasteiger partial charge in [-0.2, -0.15) is 0 Å². The summed E-state index contributed by atoms with van der Waals surface area (Å²) in [7, 11) is 0. The smallest absolute Gasteiger partial charge is 0.0354 e. The zero-order chi connectivity index (χ0) is 11.1. The molecule has 0 bridgehead atoms. The average molecular weight is 204 g/mol. The van der Waals surface area contributed by atoms with Crippen molar-refractivity contribution in [2.24, 2.45) is 5.41 Å². The van der Waals surface area contributed by atoms with E-state index in [0.29, 0.717) is 5.41 Å². The molecule has 0 N–H and O–H groups in total. The number of benzene rings is 1. The largest absolute Gasteiger partial charge is 0.0622 e. The van der Waals surface area contributed by atoms with E-state index in [4.69, 9.17) is 0 Å². The lowest BCUT2D eigenvalue weighted by atomic mass is 9.78. The maximum atomic E-state index is 2.38. The molecule has 0 saturated heterocycles. The number of hydrogen-bond donors (Lipinski definition) is 0. The van der Waals surface area contributed by atoms with Crippen molar-refractivity contribution in [2.45, 2.75) is 52.9 Å². The lowest BCUT2D eigenvalue weighted by Crippen LogP contribution is -2.14. The Balaban J connectivity index is 0.000000151. The predicted molar refractivity (Wildman–Crippen MR) is 68.0 cm³/mol. The van der Waals surface area contributed by atoms with E-state index in [1.165, 1.54) is 37.7 Å². The Bertz CT molecular complexity index is 251. The summed E-state index contributed by atoms with van der Waals surface area (Å²) < 4.78 is 0. The van der Waals surface area contributed by atoms with Gasteiger partial charge in [-0.15, -0.1) is 0 Å². The molecular weight excluding hydrogens is 180 g/mol. The molecule has 0 heterocycles. The molecule has 1 aromatic rings. The molecule has 0 aliphatic heterocycles. The molecule has 1 fully saturated rings. The van der Waals surface area contributed by atoms with E-state index in [1.807, 2.05) is 18.2 Å². The first-order valence-electron chi connectivity index (χ1n) is 6.12. The SMILES string of the molecule is CC1(C)CCCCC1.Cc1ccccc1. The van der Waals surface area contributed by atoms with Crippen molar-refractivity contribution < 1.29 is 0 Å². The third kappa shape index (κ3) is 5.61. The summed E-state index contributed by atoms with van der Waals surface area (Å²) >= 11 is 0. The van der Waals surface area contributed by atoms with Crippen LogP contribution >= 0.6 is 0 Å². The molecule has 1 aromatic carbocycles. The van der Waals surface area contributed by atoms with Crippen LogP contribution in [-0.4, -0.2) is 0 Å². The van der Waals surface area contributed by atoms with Crippen LogP contribution in [-0.2, 0) is 0 Å². The summed E-state index contributed by atoms with van der Waals surface area (Å²) in [6, 6.07) is 10.3. The van der Waals surface area contributed by atoms with Gasteiger partial charge in [0.25, 0.3) is 0 Å². The van der Waals surface area contributed by atoms with Crippen LogP contribution in [0.4, 0.5) is 0 Å². The van der Waals surface area contributed by atoms with Gasteiger partial charge in [-0.1, -0.05) is 69.0 Å². The first kappa shape index (κ1) is 12.3. The van der Waals surface area contributed by atoms with Crippen LogP contribution in [0.3, 0.4) is 0 Å². The second-order valence-corrected chi connectivity index (χ2v) is 5.38. The van der Waals surface area contributed by atoms with Crippen LogP contribution in [0.5, 0.6) is 0 Å². The summed E-state index contributed by atoms with van der Waals surface area (Å²) in [6.07, 6.45) is 7.31. The van der Waals surface area contributed by atoms with Gasteiger partial charge < -0.3 is 0 Å². The third-order valence-corrected chi connectivity index (χ3v) is 3.15. The Morgan fingerprint density at radius 1 is 0.867 bits per heavy atom. The standard InChI is InChI=1S/C8H16.C7H8/c1-8(2)6-4-3-5-7-8;1-7-5-3-2-4-6-7/h3-7H2,1-2H3;2-6H,1H3. The average Bonchev–Trinajstić information content (AvgIpc) is 2.19. The van der Waals surface area contributed by atoms with Crippen molar-refractivity contribution in [3.63, 3.8) is 0 Å². The Hall–Kier alpha value is -0.780. The first-order chi connectivity index (χ1) is 7.10. The monoisotopic (exact) mass is 204 g/mol. The van der Waals surface area contributed by atoms with E-state index >= 15 is 0 Å². The van der Waals surface area contributed by atoms with Crippen molar-refractivity contribution >= 4 is 0 Å². The first-order valence-corrected chi connectivity index (χ1v) is 6.12. The second-order valence-electron chi connectivity index (χ2n) is 5.38. The molecule has 84 valence electrons. The van der Waals surface area contributed by atoms with Crippen molar-refractivity contribution in [1.82, 2.24) is 0 Å². The molecule has 0 unspecified atom stereocenters. The minimum absolute atomic E-state index is 0.679. The van der Waals surface area contributed by atoms with Gasteiger partial charge in [-0.3, -0.25) is 0 Å². The molecule has 0 nitrogen and oxygen atoms in total. The molecule has 0 radical (unpaired) electrons. The van der Waals surface area contributed by atoms with E-state index in [1.54, 1.807) is 0 Å². The number of aryl methyl sites for hydroxylation is 1. The van der Waals surface area contributed by atoms with E-state index in [-0.39, 0.29) is 0 Å². The Morgan fingerprint density at radius 2 is 1.40 bits per heavy atom. The highest BCUT2D eigenvalue weighted by atomic mass is 14.3. The Morgan fingerprint density at radius 3 is 1.67 bits per heavy atom. The van der Waals surface area contributed by atoms with Crippen molar-refractivity contribution in [1.29, 1.82) is 0 Å². The number of rotatable bonds is 0. The summed E-state index contributed by atoms with van der Waals surface area (Å²) in [5.74, 6) is 0. The predicted octanol–water partition coefficient (Wildman–Crippen LogP) is 4.97. The van der Waals surface area contributed by atoms with E-state index < -0.39 is 0 Å². The van der Waals surface area contributed by atoms with Gasteiger partial charge in [0.1, 0.15) is 0 Å². The van der Waals surface area contributed by atoms with Crippen LogP contribution in [0.1, 0.15) is 51.5 Å². The molecule has 0 aromatic heterocycles. The molecule has 0 amide bonds. The van der Waals surface area contributed by atoms with E-state index in [2.05, 4.69) is 32.9 Å². The molecule has 1 aliphatic rings. The zero-order valence-corrected chi connectivity index (χ0v) is 10.4. The quantitative estimate of drug-likeness (QED) is 0.559. The van der Waals surface area contributed by atoms with Crippen molar-refractivity contribution in [2.75, 3.05) is 0 Å². The molecule has 1 aliphatic carbocycles. The lowest BCUT2D eigenvalue weighted by Gasteiger charge is -2.28. The summed E-state index contributed by atoms with van der Waals surface area (Å²) in [5, 5.41) is 0. The minimum atomic E-state index is 0.679. The minimum Gasteiger partial charge on any atom is -0.0622 e. The third-order valence-electron chi connectivity index (χ3n) is 3.15. The zero-order valence-electron chi connectivity index (χ0n) is 10.4. The topological polar surface area (TPSA) is 0 Å². The van der Waals surface area contributed by atoms with Crippen molar-refractivity contribution in [3.8, 4) is 0 Å². The Kier molecular flexibility index (Phi) is 4.87. The highest BCUT2D eigenvalue weighted by Gasteiger charge is 2.19. The van der Waals surface area contributed by atoms with Crippen LogP contribution in [0, 0.1) is 12.3 Å². The van der Waals surface area contributed by atoms with Crippen LogP contribution in [0.25, 0.3) is 0 Å². The van der Waals surface area contributed by atoms with Gasteiger partial charge in [0.05, 0.1) is 0 Å². The van der Waals surface area contributed by atoms with E-state index in [0.717, 1.165) is 0 Å². The molecule has 0 heteroatoms.